The van der Waals surface area contributed by atoms with Crippen molar-refractivity contribution < 1.29 is 22.7 Å². The summed E-state index contributed by atoms with van der Waals surface area (Å²) in [4.78, 5) is 19.9. The predicted molar refractivity (Wildman–Crippen MR) is 76.6 cm³/mol. The Morgan fingerprint density at radius 2 is 2.26 bits per heavy atom. The highest BCUT2D eigenvalue weighted by molar-refractivity contribution is 5.81. The van der Waals surface area contributed by atoms with Gasteiger partial charge in [-0.2, -0.15) is 13.2 Å². The zero-order chi connectivity index (χ0) is 17.0. The van der Waals surface area contributed by atoms with E-state index in [-0.39, 0.29) is 18.3 Å². The molecule has 6 nitrogen and oxygen atoms in total. The van der Waals surface area contributed by atoms with Gasteiger partial charge < -0.3 is 14.2 Å². The van der Waals surface area contributed by atoms with Gasteiger partial charge in [0, 0.05) is 26.0 Å². The Morgan fingerprint density at radius 3 is 2.91 bits per heavy atom. The lowest BCUT2D eigenvalue weighted by Gasteiger charge is -2.35. The van der Waals surface area contributed by atoms with Crippen LogP contribution in [0.3, 0.4) is 0 Å². The maximum absolute atomic E-state index is 12.5. The number of carbonyl (C=O) groups is 1. The van der Waals surface area contributed by atoms with Crippen LogP contribution < -0.4 is 0 Å². The third-order valence-corrected chi connectivity index (χ3v) is 3.84. The molecule has 0 radical (unpaired) electrons. The number of halogens is 3. The Kier molecular flexibility index (Phi) is 5.64. The van der Waals surface area contributed by atoms with Gasteiger partial charge in [-0.1, -0.05) is 6.92 Å². The zero-order valence-electron chi connectivity index (χ0n) is 13.2. The van der Waals surface area contributed by atoms with E-state index >= 15 is 0 Å². The molecule has 0 aromatic carbocycles. The second-order valence-corrected chi connectivity index (χ2v) is 5.50. The first-order valence-electron chi connectivity index (χ1n) is 7.45. The van der Waals surface area contributed by atoms with Crippen LogP contribution in [0.1, 0.15) is 12.7 Å². The van der Waals surface area contributed by atoms with Crippen LogP contribution in [0.25, 0.3) is 0 Å². The van der Waals surface area contributed by atoms with Gasteiger partial charge >= 0.3 is 6.18 Å². The second kappa shape index (κ2) is 7.31. The summed E-state index contributed by atoms with van der Waals surface area (Å²) >= 11 is 0. The Hall–Kier alpha value is -1.61. The van der Waals surface area contributed by atoms with Crippen molar-refractivity contribution in [2.24, 2.45) is 0 Å². The van der Waals surface area contributed by atoms with E-state index in [1.807, 2.05) is 11.8 Å². The largest absolute Gasteiger partial charge is 0.406 e. The Balaban J connectivity index is 2.02. The van der Waals surface area contributed by atoms with Crippen LogP contribution in [0, 0.1) is 0 Å². The summed E-state index contributed by atoms with van der Waals surface area (Å²) in [6.07, 6.45) is -1.75. The van der Waals surface area contributed by atoms with Crippen molar-refractivity contribution in [3.05, 3.63) is 18.2 Å². The molecule has 2 rings (SSSR count). The number of morpholine rings is 1. The minimum Gasteiger partial charge on any atom is -0.378 e. The molecule has 1 aliphatic rings. The third kappa shape index (κ3) is 4.68. The summed E-state index contributed by atoms with van der Waals surface area (Å²) < 4.78 is 44.0. The summed E-state index contributed by atoms with van der Waals surface area (Å²) in [6.45, 7) is 3.14. The zero-order valence-corrected chi connectivity index (χ0v) is 13.2. The molecule has 0 aliphatic carbocycles. The highest BCUT2D eigenvalue weighted by Gasteiger charge is 2.32. The highest BCUT2D eigenvalue weighted by atomic mass is 19.4. The molecule has 1 aliphatic heterocycles. The number of hydrogen-bond donors (Lipinski definition) is 0. The maximum atomic E-state index is 12.5. The first-order chi connectivity index (χ1) is 10.8. The van der Waals surface area contributed by atoms with Gasteiger partial charge in [-0.3, -0.25) is 9.69 Å². The number of aromatic nitrogens is 2. The molecule has 1 unspecified atom stereocenters. The van der Waals surface area contributed by atoms with E-state index < -0.39 is 18.8 Å². The molecule has 1 fully saturated rings. The molecule has 2 heterocycles. The Morgan fingerprint density at radius 1 is 1.52 bits per heavy atom. The van der Waals surface area contributed by atoms with Crippen molar-refractivity contribution >= 4 is 5.91 Å². The van der Waals surface area contributed by atoms with Crippen LogP contribution >= 0.6 is 0 Å². The number of amides is 1. The minimum atomic E-state index is -4.33. The number of hydrogen-bond acceptors (Lipinski definition) is 4. The lowest BCUT2D eigenvalue weighted by atomic mass is 10.2. The molecule has 130 valence electrons. The summed E-state index contributed by atoms with van der Waals surface area (Å²) in [5.41, 5.74) is 0. The fraction of sp³-hybridized carbons (Fsp3) is 0.714. The molecule has 1 aromatic heterocycles. The Labute approximate surface area is 132 Å². The molecule has 1 aromatic rings. The third-order valence-electron chi connectivity index (χ3n) is 3.84. The topological polar surface area (TPSA) is 50.6 Å². The van der Waals surface area contributed by atoms with Crippen molar-refractivity contribution in [2.75, 3.05) is 33.4 Å². The first kappa shape index (κ1) is 17.7. The minimum absolute atomic E-state index is 0.0238. The van der Waals surface area contributed by atoms with E-state index in [1.54, 1.807) is 7.05 Å². The highest BCUT2D eigenvalue weighted by Crippen LogP contribution is 2.19. The number of carbonyl (C=O) groups excluding carboxylic acids is 1. The SMILES string of the molecule is CCN1CCOCC1C(=O)N(C)Cc1nccn1CC(F)(F)F. The van der Waals surface area contributed by atoms with Crippen LogP contribution in [-0.2, 0) is 22.6 Å². The van der Waals surface area contributed by atoms with E-state index in [0.29, 0.717) is 19.8 Å². The molecular weight excluding hydrogens is 313 g/mol. The summed E-state index contributed by atoms with van der Waals surface area (Å²) in [5, 5.41) is 0. The molecule has 9 heteroatoms. The quantitative estimate of drug-likeness (QED) is 0.810. The molecule has 1 amide bonds. The van der Waals surface area contributed by atoms with Gasteiger partial charge in [0.2, 0.25) is 5.91 Å². The molecule has 0 saturated carbocycles. The van der Waals surface area contributed by atoms with Gasteiger partial charge in [0.05, 0.1) is 19.8 Å². The van der Waals surface area contributed by atoms with Gasteiger partial charge in [-0.25, -0.2) is 4.98 Å². The normalized spacial score (nSPS) is 19.8. The van der Waals surface area contributed by atoms with Crippen molar-refractivity contribution in [1.82, 2.24) is 19.4 Å². The van der Waals surface area contributed by atoms with Gasteiger partial charge in [-0.05, 0) is 6.54 Å². The number of likely N-dealkylation sites (N-methyl/N-ethyl adjacent to an activating group) is 2. The summed E-state index contributed by atoms with van der Waals surface area (Å²) in [6, 6.07) is -0.398. The van der Waals surface area contributed by atoms with Crippen LogP contribution in [-0.4, -0.2) is 70.8 Å². The lowest BCUT2D eigenvalue weighted by Crippen LogP contribution is -2.53. The summed E-state index contributed by atoms with van der Waals surface area (Å²) in [5.74, 6) is 0.0334. The van der Waals surface area contributed by atoms with Gasteiger partial charge in [0.15, 0.2) is 0 Å². The fourth-order valence-corrected chi connectivity index (χ4v) is 2.62. The maximum Gasteiger partial charge on any atom is 0.406 e. The molecule has 0 spiro atoms. The van der Waals surface area contributed by atoms with Gasteiger partial charge in [0.25, 0.3) is 0 Å². The van der Waals surface area contributed by atoms with Crippen LogP contribution in [0.5, 0.6) is 0 Å². The average molecular weight is 334 g/mol. The molecule has 0 N–H and O–H groups in total. The second-order valence-electron chi connectivity index (χ2n) is 5.50. The fourth-order valence-electron chi connectivity index (χ4n) is 2.62. The van der Waals surface area contributed by atoms with Crippen LogP contribution in [0.15, 0.2) is 12.4 Å². The number of imidazole rings is 1. The average Bonchev–Trinajstić information content (AvgIpc) is 2.91. The van der Waals surface area contributed by atoms with E-state index in [2.05, 4.69) is 4.98 Å². The smallest absolute Gasteiger partial charge is 0.378 e. The number of nitrogens with zero attached hydrogens (tertiary/aromatic N) is 4. The van der Waals surface area contributed by atoms with E-state index in [1.165, 1.54) is 17.3 Å². The first-order valence-corrected chi connectivity index (χ1v) is 7.45. The number of alkyl halides is 3. The molecule has 1 saturated heterocycles. The van der Waals surface area contributed by atoms with Crippen molar-refractivity contribution in [3.63, 3.8) is 0 Å². The predicted octanol–water partition coefficient (Wildman–Crippen LogP) is 1.12. The van der Waals surface area contributed by atoms with E-state index in [9.17, 15) is 18.0 Å². The molecular formula is C14H21F3N4O2. The number of rotatable bonds is 5. The van der Waals surface area contributed by atoms with Gasteiger partial charge in [-0.15, -0.1) is 0 Å². The molecule has 23 heavy (non-hydrogen) atoms. The van der Waals surface area contributed by atoms with Crippen molar-refractivity contribution in [3.8, 4) is 0 Å². The van der Waals surface area contributed by atoms with Crippen LogP contribution in [0.2, 0.25) is 0 Å². The monoisotopic (exact) mass is 334 g/mol. The summed E-state index contributed by atoms with van der Waals surface area (Å²) in [7, 11) is 1.57. The number of ether oxygens (including phenoxy) is 1. The van der Waals surface area contributed by atoms with E-state index in [4.69, 9.17) is 4.74 Å². The lowest BCUT2D eigenvalue weighted by molar-refractivity contribution is -0.143. The van der Waals surface area contributed by atoms with Crippen molar-refractivity contribution in [1.29, 1.82) is 0 Å². The molecule has 0 bridgehead atoms. The van der Waals surface area contributed by atoms with Gasteiger partial charge in [0.1, 0.15) is 18.4 Å². The molecule has 1 atom stereocenters. The Bertz CT molecular complexity index is 532. The van der Waals surface area contributed by atoms with Crippen LogP contribution in [0.4, 0.5) is 13.2 Å². The standard InChI is InChI=1S/C14H21F3N4O2/c1-3-20-6-7-23-9-11(20)13(22)19(2)8-12-18-4-5-21(12)10-14(15,16)17/h4-5,11H,3,6-10H2,1-2H3. The van der Waals surface area contributed by atoms with E-state index in [0.717, 1.165) is 11.1 Å². The van der Waals surface area contributed by atoms with Crippen molar-refractivity contribution in [2.45, 2.75) is 32.2 Å².